The maximum absolute atomic E-state index is 14.0. The van der Waals surface area contributed by atoms with Crippen LogP contribution in [0, 0.1) is 29.6 Å². The van der Waals surface area contributed by atoms with Crippen molar-refractivity contribution in [1.29, 1.82) is 0 Å². The predicted molar refractivity (Wildman–Crippen MR) is 129 cm³/mol. The molecule has 6 aliphatic rings. The predicted octanol–water partition coefficient (Wildman–Crippen LogP) is 2.71. The van der Waals surface area contributed by atoms with Gasteiger partial charge in [-0.05, 0) is 29.4 Å². The fraction of sp³-hybridized carbons (Fsp3) is 0.414. The zero-order valence-corrected chi connectivity index (χ0v) is 19.6. The van der Waals surface area contributed by atoms with E-state index in [9.17, 15) is 14.4 Å². The fourth-order valence-electron chi connectivity index (χ4n) is 7.72. The Balaban J connectivity index is 1.24. The number of nitrogens with zero attached hydrogens (tertiary/aromatic N) is 3. The molecule has 2 aromatic rings. The summed E-state index contributed by atoms with van der Waals surface area (Å²) in [6.45, 7) is 3.60. The Labute approximate surface area is 205 Å². The van der Waals surface area contributed by atoms with Gasteiger partial charge in [-0.1, -0.05) is 72.8 Å². The summed E-state index contributed by atoms with van der Waals surface area (Å²) >= 11 is 0. The van der Waals surface area contributed by atoms with Gasteiger partial charge in [0.05, 0.1) is 29.8 Å². The number of piperidine rings is 3. The minimum atomic E-state index is -0.694. The third-order valence-electron chi connectivity index (χ3n) is 9.06. The van der Waals surface area contributed by atoms with Gasteiger partial charge in [-0.3, -0.25) is 24.2 Å². The van der Waals surface area contributed by atoms with Crippen molar-refractivity contribution in [2.24, 2.45) is 29.6 Å². The molecule has 5 heterocycles. The zero-order valence-electron chi connectivity index (χ0n) is 19.6. The molecule has 4 bridgehead atoms. The molecule has 35 heavy (non-hydrogen) atoms. The van der Waals surface area contributed by atoms with Crippen LogP contribution in [0.4, 0.5) is 0 Å². The van der Waals surface area contributed by atoms with E-state index in [2.05, 4.69) is 35.2 Å². The fourth-order valence-corrected chi connectivity index (χ4v) is 7.72. The zero-order chi connectivity index (χ0) is 23.7. The molecule has 6 heteroatoms. The molecular formula is C29H29N3O3. The molecule has 4 saturated heterocycles. The molecule has 2 aromatic carbocycles. The SMILES string of the molecule is O=C1[C@@H]2[C@@H]3C=C[C@]4([C@H]5C[C@H](CN(Cc6ccccc6)C5)CN4C3=O)[C@@H]2C(=O)N1Cc1ccccc1. The van der Waals surface area contributed by atoms with E-state index >= 15 is 0 Å². The summed E-state index contributed by atoms with van der Waals surface area (Å²) in [4.78, 5) is 47.2. The highest BCUT2D eigenvalue weighted by atomic mass is 16.2. The Kier molecular flexibility index (Phi) is 4.59. The maximum atomic E-state index is 14.0. The quantitative estimate of drug-likeness (QED) is 0.513. The van der Waals surface area contributed by atoms with E-state index in [0.29, 0.717) is 12.5 Å². The van der Waals surface area contributed by atoms with Crippen molar-refractivity contribution in [3.8, 4) is 0 Å². The topological polar surface area (TPSA) is 60.9 Å². The Morgan fingerprint density at radius 2 is 1.46 bits per heavy atom. The minimum absolute atomic E-state index is 0.0441. The van der Waals surface area contributed by atoms with Crippen molar-refractivity contribution >= 4 is 17.7 Å². The number of carbonyl (C=O) groups excluding carboxylic acids is 3. The van der Waals surface area contributed by atoms with Gasteiger partial charge in [0, 0.05) is 26.2 Å². The molecule has 0 aromatic heterocycles. The molecule has 0 saturated carbocycles. The summed E-state index contributed by atoms with van der Waals surface area (Å²) < 4.78 is 0. The van der Waals surface area contributed by atoms with Gasteiger partial charge in [0.2, 0.25) is 17.7 Å². The molecule has 178 valence electrons. The highest BCUT2D eigenvalue weighted by Gasteiger charge is 2.71. The largest absolute Gasteiger partial charge is 0.332 e. The number of rotatable bonds is 4. The first-order valence-corrected chi connectivity index (χ1v) is 12.7. The Hall–Kier alpha value is -3.25. The molecule has 6 nitrogen and oxygen atoms in total. The molecule has 4 fully saturated rings. The third kappa shape index (κ3) is 2.95. The normalized spacial score (nSPS) is 35.4. The van der Waals surface area contributed by atoms with E-state index in [1.54, 1.807) is 0 Å². The van der Waals surface area contributed by atoms with Crippen molar-refractivity contribution in [3.63, 3.8) is 0 Å². The number of hydrogen-bond acceptors (Lipinski definition) is 4. The van der Waals surface area contributed by atoms with Gasteiger partial charge in [0.25, 0.3) is 0 Å². The van der Waals surface area contributed by atoms with Crippen LogP contribution < -0.4 is 0 Å². The van der Waals surface area contributed by atoms with Crippen molar-refractivity contribution in [1.82, 2.24) is 14.7 Å². The number of hydrogen-bond donors (Lipinski definition) is 0. The van der Waals surface area contributed by atoms with Crippen molar-refractivity contribution < 1.29 is 14.4 Å². The summed E-state index contributed by atoms with van der Waals surface area (Å²) in [7, 11) is 0. The van der Waals surface area contributed by atoms with E-state index in [0.717, 1.165) is 31.6 Å². The molecular weight excluding hydrogens is 438 g/mol. The van der Waals surface area contributed by atoms with Gasteiger partial charge in [0.15, 0.2) is 0 Å². The number of fused-ring (bicyclic) bond motifs is 2. The summed E-state index contributed by atoms with van der Waals surface area (Å²) in [5.74, 6) is -1.26. The molecule has 1 spiro atoms. The van der Waals surface area contributed by atoms with Crippen LogP contribution in [0.15, 0.2) is 72.8 Å². The first-order valence-electron chi connectivity index (χ1n) is 12.7. The molecule has 0 unspecified atom stereocenters. The molecule has 8 rings (SSSR count). The summed E-state index contributed by atoms with van der Waals surface area (Å²) in [6, 6.07) is 20.1. The van der Waals surface area contributed by atoms with Crippen LogP contribution in [0.1, 0.15) is 17.5 Å². The Bertz CT molecular complexity index is 1230. The lowest BCUT2D eigenvalue weighted by molar-refractivity contribution is -0.177. The lowest BCUT2D eigenvalue weighted by atomic mass is 9.54. The molecule has 0 N–H and O–H groups in total. The molecule has 0 radical (unpaired) electrons. The Morgan fingerprint density at radius 3 is 2.17 bits per heavy atom. The van der Waals surface area contributed by atoms with Crippen molar-refractivity contribution in [3.05, 3.63) is 83.9 Å². The first kappa shape index (κ1) is 21.1. The van der Waals surface area contributed by atoms with Gasteiger partial charge in [-0.25, -0.2) is 0 Å². The van der Waals surface area contributed by atoms with Crippen molar-refractivity contribution in [2.75, 3.05) is 19.6 Å². The van der Waals surface area contributed by atoms with Gasteiger partial charge >= 0.3 is 0 Å². The summed E-state index contributed by atoms with van der Waals surface area (Å²) in [5, 5.41) is 0. The summed E-state index contributed by atoms with van der Waals surface area (Å²) in [6.07, 6.45) is 5.09. The van der Waals surface area contributed by atoms with Gasteiger partial charge < -0.3 is 4.90 Å². The third-order valence-corrected chi connectivity index (χ3v) is 9.06. The second kappa shape index (κ2) is 7.62. The molecule has 3 amide bonds. The summed E-state index contributed by atoms with van der Waals surface area (Å²) in [5.41, 5.74) is 1.52. The smallest absolute Gasteiger partial charge is 0.236 e. The van der Waals surface area contributed by atoms with Crippen LogP contribution in [0.2, 0.25) is 0 Å². The molecule has 6 atom stereocenters. The molecule has 1 aliphatic carbocycles. The number of amides is 3. The van der Waals surface area contributed by atoms with Gasteiger partial charge in [0.1, 0.15) is 0 Å². The van der Waals surface area contributed by atoms with E-state index < -0.39 is 23.3 Å². The van der Waals surface area contributed by atoms with Crippen LogP contribution in [0.25, 0.3) is 0 Å². The van der Waals surface area contributed by atoms with Crippen LogP contribution >= 0.6 is 0 Å². The van der Waals surface area contributed by atoms with Crippen molar-refractivity contribution in [2.45, 2.75) is 25.0 Å². The second-order valence-electron chi connectivity index (χ2n) is 11.0. The average molecular weight is 468 g/mol. The first-order chi connectivity index (χ1) is 17.1. The van der Waals surface area contributed by atoms with E-state index in [4.69, 9.17) is 0 Å². The minimum Gasteiger partial charge on any atom is -0.332 e. The standard InChI is InChI=1S/C29H29N3O3/c33-26-23-11-12-29(25-24(23)27(34)31(28(25)35)16-20-9-5-2-6-10-20)22-13-21(17-32(26)29)15-30(18-22)14-19-7-3-1-4-8-19/h1-12,21-25H,13-18H2/t21-,22+,23+,24-,25+,29+/m1/s1. The second-order valence-corrected chi connectivity index (χ2v) is 11.0. The van der Waals surface area contributed by atoms with Crippen LogP contribution in [-0.4, -0.2) is 57.6 Å². The van der Waals surface area contributed by atoms with E-state index in [-0.39, 0.29) is 30.2 Å². The van der Waals surface area contributed by atoms with Gasteiger partial charge in [-0.15, -0.1) is 0 Å². The molecule has 5 aliphatic heterocycles. The number of likely N-dealkylation sites (tertiary alicyclic amines) is 2. The van der Waals surface area contributed by atoms with Crippen LogP contribution in [0.5, 0.6) is 0 Å². The number of carbonyl (C=O) groups is 3. The maximum Gasteiger partial charge on any atom is 0.236 e. The average Bonchev–Trinajstić information content (AvgIpc) is 3.13. The van der Waals surface area contributed by atoms with Gasteiger partial charge in [-0.2, -0.15) is 0 Å². The Morgan fingerprint density at radius 1 is 0.771 bits per heavy atom. The number of imide groups is 1. The van der Waals surface area contributed by atoms with E-state index in [1.165, 1.54) is 10.5 Å². The van der Waals surface area contributed by atoms with Crippen LogP contribution in [0.3, 0.4) is 0 Å². The van der Waals surface area contributed by atoms with Crippen LogP contribution in [-0.2, 0) is 27.5 Å². The highest BCUT2D eigenvalue weighted by Crippen LogP contribution is 2.58. The lowest BCUT2D eigenvalue weighted by Gasteiger charge is -2.64. The monoisotopic (exact) mass is 467 g/mol. The lowest BCUT2D eigenvalue weighted by Crippen LogP contribution is -2.75. The highest BCUT2D eigenvalue weighted by molar-refractivity contribution is 6.10. The number of benzene rings is 2. The van der Waals surface area contributed by atoms with E-state index in [1.807, 2.05) is 47.4 Å².